The van der Waals surface area contributed by atoms with Crippen molar-refractivity contribution < 1.29 is 29.6 Å². The second-order valence-corrected chi connectivity index (χ2v) is 25.3. The number of carbonyl (C=O) groups is 1. The quantitative estimate of drug-likeness (QED) is 0.0676. The van der Waals surface area contributed by atoms with E-state index in [1.54, 1.807) is 24.3 Å². The highest BCUT2D eigenvalue weighted by molar-refractivity contribution is 7.17. The molecule has 10 aromatic rings. The van der Waals surface area contributed by atoms with Gasteiger partial charge in [-0.15, -0.1) is 16.4 Å². The van der Waals surface area contributed by atoms with Crippen LogP contribution in [0.25, 0.3) is 60.3 Å². The summed E-state index contributed by atoms with van der Waals surface area (Å²) in [6.07, 6.45) is 19.6. The summed E-state index contributed by atoms with van der Waals surface area (Å²) in [5.41, 5.74) is 12.7. The van der Waals surface area contributed by atoms with Gasteiger partial charge < -0.3 is 39.2 Å². The number of ketones is 1. The molecule has 0 bridgehead atoms. The maximum absolute atomic E-state index is 12.5. The topological polar surface area (TPSA) is 180 Å². The first-order valence-electron chi connectivity index (χ1n) is 30.7. The Bertz CT molecular complexity index is 4050. The highest BCUT2D eigenvalue weighted by atomic mass is 32.1. The lowest BCUT2D eigenvalue weighted by atomic mass is 9.82. The summed E-state index contributed by atoms with van der Waals surface area (Å²) < 4.78 is 16.3. The number of hydrogen-bond acceptors (Lipinski definition) is 12. The number of aliphatic hydroxyl groups is 1. The lowest BCUT2D eigenvalue weighted by molar-refractivity contribution is 0.0640. The van der Waals surface area contributed by atoms with E-state index in [-0.39, 0.29) is 35.0 Å². The molecular weight excluding hydrogens is 1090 g/mol. The van der Waals surface area contributed by atoms with Crippen LogP contribution in [0.1, 0.15) is 129 Å². The number of hydrogen-bond donors (Lipinski definition) is 4. The monoisotopic (exact) mass is 1170 g/mol. The Morgan fingerprint density at radius 3 is 2.34 bits per heavy atom. The molecule has 2 unspecified atom stereocenters. The summed E-state index contributed by atoms with van der Waals surface area (Å²) in [5, 5.41) is 40.2. The normalized spacial score (nSPS) is 16.7. The van der Waals surface area contributed by atoms with Crippen molar-refractivity contribution in [1.29, 1.82) is 0 Å². The molecule has 5 aromatic heterocycles. The maximum Gasteiger partial charge on any atom is 0.266 e. The number of aromatic hydroxyl groups is 2. The molecule has 0 radical (unpaired) electrons. The molecule has 4 aliphatic rings. The predicted molar refractivity (Wildman–Crippen MR) is 342 cm³/mol. The number of para-hydroxylation sites is 2. The highest BCUT2D eigenvalue weighted by Crippen LogP contribution is 2.44. The third-order valence-corrected chi connectivity index (χ3v) is 18.9. The number of aryl methyl sites for hydroxylation is 2. The van der Waals surface area contributed by atoms with Crippen LogP contribution in [0.2, 0.25) is 0 Å². The molecule has 1 saturated heterocycles. The molecule has 0 spiro atoms. The van der Waals surface area contributed by atoms with Crippen LogP contribution in [0, 0.1) is 24.7 Å². The third kappa shape index (κ3) is 12.8. The second-order valence-electron chi connectivity index (χ2n) is 24.4. The van der Waals surface area contributed by atoms with Gasteiger partial charge in [-0.05, 0) is 154 Å². The number of pyridine rings is 1. The fraction of sp³-hybridized carbons (Fsp3) is 0.366. The van der Waals surface area contributed by atoms with E-state index in [1.807, 2.05) is 78.0 Å². The highest BCUT2D eigenvalue weighted by Gasteiger charge is 2.33. The number of rotatable bonds is 16. The van der Waals surface area contributed by atoms with E-state index in [9.17, 15) is 24.9 Å². The van der Waals surface area contributed by atoms with Gasteiger partial charge in [0.15, 0.2) is 22.9 Å². The average Bonchev–Trinajstić information content (AvgIpc) is 1.95. The van der Waals surface area contributed by atoms with E-state index >= 15 is 0 Å². The maximum atomic E-state index is 12.5. The number of aromatic amines is 1. The third-order valence-electron chi connectivity index (χ3n) is 18.0. The van der Waals surface area contributed by atoms with Crippen LogP contribution in [0.5, 0.6) is 23.1 Å². The van der Waals surface area contributed by atoms with E-state index in [4.69, 9.17) is 19.6 Å². The number of aromatic nitrogens is 6. The van der Waals surface area contributed by atoms with Gasteiger partial charge in [-0.25, -0.2) is 14.5 Å². The molecule has 14 rings (SSSR count). The first-order valence-corrected chi connectivity index (χ1v) is 31.6. The molecule has 4 N–H and O–H groups in total. The number of aliphatic hydroxyl groups excluding tert-OH is 1. The van der Waals surface area contributed by atoms with Crippen molar-refractivity contribution >= 4 is 43.8 Å². The van der Waals surface area contributed by atoms with Gasteiger partial charge in [-0.2, -0.15) is 0 Å². The van der Waals surface area contributed by atoms with E-state index in [1.165, 1.54) is 78.7 Å². The van der Waals surface area contributed by atoms with Gasteiger partial charge in [0.1, 0.15) is 10.4 Å². The van der Waals surface area contributed by atoms with E-state index < -0.39 is 0 Å². The zero-order chi connectivity index (χ0) is 59.4. The van der Waals surface area contributed by atoms with Crippen molar-refractivity contribution in [3.8, 4) is 56.8 Å². The van der Waals surface area contributed by atoms with E-state index in [0.717, 1.165) is 113 Å². The Morgan fingerprint density at radius 1 is 0.837 bits per heavy atom. The van der Waals surface area contributed by atoms with Crippen LogP contribution in [-0.4, -0.2) is 95.1 Å². The smallest absolute Gasteiger partial charge is 0.266 e. The minimum Gasteiger partial charge on any atom is -0.507 e. The summed E-state index contributed by atoms with van der Waals surface area (Å²) in [5.74, 6) is 3.35. The minimum atomic E-state index is -0.197. The van der Waals surface area contributed by atoms with Crippen LogP contribution in [0.4, 0.5) is 0 Å². The molecule has 3 atom stereocenters. The number of H-pyrrole nitrogens is 1. The number of phenolic OH excluding ortho intramolecular Hbond substituents is 2. The first kappa shape index (κ1) is 58.4. The molecule has 2 saturated carbocycles. The van der Waals surface area contributed by atoms with Crippen molar-refractivity contribution in [3.63, 3.8) is 0 Å². The van der Waals surface area contributed by atoms with Gasteiger partial charge in [0.05, 0.1) is 47.8 Å². The fourth-order valence-corrected chi connectivity index (χ4v) is 13.9. The number of benzene rings is 5. The van der Waals surface area contributed by atoms with Crippen LogP contribution < -0.4 is 10.3 Å². The second kappa shape index (κ2) is 25.9. The zero-order valence-corrected chi connectivity index (χ0v) is 50.4. The number of nitrogens with one attached hydrogen (secondary N) is 1. The minimum absolute atomic E-state index is 0.0606. The van der Waals surface area contributed by atoms with Crippen LogP contribution in [0.15, 0.2) is 144 Å². The number of carbonyl (C=O) groups excluding carboxylic acids is 1. The van der Waals surface area contributed by atoms with E-state index in [0.29, 0.717) is 46.4 Å². The Kier molecular flexibility index (Phi) is 17.6. The van der Waals surface area contributed by atoms with Gasteiger partial charge in [0, 0.05) is 70.8 Å². The summed E-state index contributed by atoms with van der Waals surface area (Å²) >= 11 is 1.43. The van der Waals surface area contributed by atoms with Crippen molar-refractivity contribution in [1.82, 2.24) is 34.0 Å². The van der Waals surface area contributed by atoms with Crippen LogP contribution in [-0.2, 0) is 11.2 Å². The lowest BCUT2D eigenvalue weighted by Crippen LogP contribution is -2.26. The van der Waals surface area contributed by atoms with Crippen LogP contribution >= 0.6 is 11.3 Å². The molecule has 86 heavy (non-hydrogen) atoms. The molecule has 0 amide bonds. The zero-order valence-electron chi connectivity index (χ0n) is 49.6. The van der Waals surface area contributed by atoms with Crippen molar-refractivity contribution in [3.05, 3.63) is 178 Å². The number of ether oxygens (including phenoxy) is 2. The molecule has 5 aromatic carbocycles. The molecule has 2 aliphatic carbocycles. The predicted octanol–water partition coefficient (Wildman–Crippen LogP) is 15.1. The van der Waals surface area contributed by atoms with Gasteiger partial charge in [-0.1, -0.05) is 111 Å². The van der Waals surface area contributed by atoms with Gasteiger partial charge in [0.25, 0.3) is 5.56 Å². The Morgan fingerprint density at radius 2 is 1.58 bits per heavy atom. The number of fused-ring (bicyclic) bond motifs is 7. The number of nitrogens with zero attached hydrogens (tertiary/aromatic N) is 6. The SMILES string of the molecule is Cc1cc(O)c(-c2ccc([C@@H](C)CN(C)C)cc2)c2c1[nH]c(=O)c1sccc12.O=C(CC1CC1)c1ccc(-c2cnc3c(CCC4CCOCC4)cc(Oc4ccccc4O)nn23)cc1.OC(CC1c2ccccc2-c2cncn21)C1CCCCC1. The molecule has 3 fully saturated rings. The molecule has 14 nitrogen and oxygen atoms in total. The van der Waals surface area contributed by atoms with Gasteiger partial charge >= 0.3 is 0 Å². The molecular formula is C71H77N7O7S. The number of imidazole rings is 2. The first-order chi connectivity index (χ1) is 41.8. The molecule has 444 valence electrons. The van der Waals surface area contributed by atoms with Crippen molar-refractivity contribution in [2.24, 2.45) is 17.8 Å². The Balaban J connectivity index is 0.000000131. The van der Waals surface area contributed by atoms with Crippen molar-refractivity contribution in [2.75, 3.05) is 33.9 Å². The standard InChI is InChI=1S/C30H31N3O4.C23H24N2O2S.C18H22N2O/c34-26-3-1-2-4-28(26)37-29-18-24(8-7-20-13-15-36-16-14-20)30-31-19-25(33(30)32-29)22-9-11-23(12-10-22)27(35)17-21-5-6-21;1-13-11-18(26)19(16-7-5-15(6-8-16)14(2)12-25(3)4)20-17-9-10-28-22(17)23(27)24-21(13)20;21-18(13-6-2-1-3-7-13)10-16-14-8-4-5-9-15(14)17-11-19-12-20(16)17/h1-4,9-12,18-21,34H,5-8,13-17H2;5-11,14,26H,12H2,1-4H3,(H,24,27);4-5,8-9,11-13,16,18,21H,1-3,6-7,10H2/t;14-;/m.0./s1. The molecule has 2 aliphatic heterocycles. The Hall–Kier alpha value is -7.95. The molecule has 15 heteroatoms. The lowest BCUT2D eigenvalue weighted by Gasteiger charge is -2.29. The summed E-state index contributed by atoms with van der Waals surface area (Å²) in [7, 11) is 4.16. The summed E-state index contributed by atoms with van der Waals surface area (Å²) in [6.45, 7) is 6.75. The van der Waals surface area contributed by atoms with Crippen LogP contribution in [0.3, 0.4) is 0 Å². The number of thiophene rings is 1. The van der Waals surface area contributed by atoms with E-state index in [2.05, 4.69) is 89.0 Å². The van der Waals surface area contributed by atoms with Gasteiger partial charge in [0.2, 0.25) is 5.88 Å². The Labute approximate surface area is 506 Å². The van der Waals surface area contributed by atoms with Crippen molar-refractivity contribution in [2.45, 2.75) is 115 Å². The average molecular weight is 1170 g/mol. The number of likely N-dealkylation sites (N-methyl/N-ethyl adjacent to an activating group) is 1. The number of Topliss-reactive ketones (excluding diaryl/α,β-unsaturated/α-hetero) is 1. The summed E-state index contributed by atoms with van der Waals surface area (Å²) in [6, 6.07) is 37.4. The fourth-order valence-electron chi connectivity index (χ4n) is 13.1. The largest absolute Gasteiger partial charge is 0.507 e. The molecule has 7 heterocycles. The van der Waals surface area contributed by atoms with Gasteiger partial charge in [-0.3, -0.25) is 9.59 Å². The summed E-state index contributed by atoms with van der Waals surface area (Å²) in [4.78, 5) is 39.2. The number of phenols is 2.